The summed E-state index contributed by atoms with van der Waals surface area (Å²) in [6, 6.07) is 8.07. The molecular weight excluding hydrogens is 455 g/mol. The molecule has 7 heteroatoms. The van der Waals surface area contributed by atoms with Gasteiger partial charge in [-0.25, -0.2) is 9.78 Å². The summed E-state index contributed by atoms with van der Waals surface area (Å²) in [4.78, 5) is 20.8. The van der Waals surface area contributed by atoms with Crippen LogP contribution in [0.4, 0.5) is 4.79 Å². The van der Waals surface area contributed by atoms with Crippen LogP contribution in [0.2, 0.25) is 0 Å². The molecule has 0 aromatic carbocycles. The maximum atomic E-state index is 11.9. The average Bonchev–Trinajstić information content (AvgIpc) is 2.93. The molecule has 0 fully saturated rings. The Bertz CT molecular complexity index is 962. The maximum Gasteiger partial charge on any atom is 0.407 e. The Hall–Kier alpha value is -2.16. The topological polar surface area (TPSA) is 68.5 Å². The zero-order valence-corrected chi connectivity index (χ0v) is 18.0. The highest BCUT2D eigenvalue weighted by atomic mass is 127. The second kappa shape index (κ2) is 7.84. The average molecular weight is 478 g/mol. The predicted molar refractivity (Wildman–Crippen MR) is 114 cm³/mol. The molecule has 0 saturated carbocycles. The molecule has 27 heavy (non-hydrogen) atoms. The number of halogens is 1. The van der Waals surface area contributed by atoms with Gasteiger partial charge in [0.15, 0.2) is 0 Å². The molecular formula is C20H23IN4O2. The van der Waals surface area contributed by atoms with Gasteiger partial charge in [0.1, 0.15) is 14.9 Å². The molecule has 0 saturated heterocycles. The Morgan fingerprint density at radius 1 is 1.26 bits per heavy atom. The van der Waals surface area contributed by atoms with Crippen LogP contribution in [0.3, 0.4) is 0 Å². The quantitative estimate of drug-likeness (QED) is 0.563. The van der Waals surface area contributed by atoms with Crippen molar-refractivity contribution in [2.45, 2.75) is 45.8 Å². The Balaban J connectivity index is 1.72. The van der Waals surface area contributed by atoms with E-state index in [2.05, 4.69) is 50.0 Å². The summed E-state index contributed by atoms with van der Waals surface area (Å²) in [7, 11) is 0. The summed E-state index contributed by atoms with van der Waals surface area (Å²) in [6.45, 7) is 7.48. The summed E-state index contributed by atoms with van der Waals surface area (Å²) in [5.74, 6) is 0. The zero-order chi connectivity index (χ0) is 19.6. The fourth-order valence-electron chi connectivity index (χ4n) is 2.77. The van der Waals surface area contributed by atoms with Gasteiger partial charge in [0, 0.05) is 30.6 Å². The third kappa shape index (κ3) is 5.18. The summed E-state index contributed by atoms with van der Waals surface area (Å²) >= 11 is 2.26. The van der Waals surface area contributed by atoms with Gasteiger partial charge in [-0.3, -0.25) is 9.38 Å². The number of alkyl carbamates (subject to hydrolysis) is 1. The van der Waals surface area contributed by atoms with Crippen molar-refractivity contribution in [3.8, 4) is 11.1 Å². The van der Waals surface area contributed by atoms with Gasteiger partial charge in [0.25, 0.3) is 0 Å². The third-order valence-corrected chi connectivity index (χ3v) is 4.69. The van der Waals surface area contributed by atoms with Gasteiger partial charge in [-0.1, -0.05) is 0 Å². The lowest BCUT2D eigenvalue weighted by Crippen LogP contribution is -2.38. The number of carbonyl (C=O) groups is 1. The Morgan fingerprint density at radius 2 is 2.00 bits per heavy atom. The number of ether oxygens (including phenoxy) is 1. The second-order valence-electron chi connectivity index (χ2n) is 7.51. The minimum Gasteiger partial charge on any atom is -0.444 e. The van der Waals surface area contributed by atoms with E-state index >= 15 is 0 Å². The predicted octanol–water partition coefficient (Wildman–Crippen LogP) is 4.46. The van der Waals surface area contributed by atoms with Gasteiger partial charge in [0.2, 0.25) is 0 Å². The van der Waals surface area contributed by atoms with E-state index in [0.717, 1.165) is 26.2 Å². The number of hydrogen-bond acceptors (Lipinski definition) is 4. The van der Waals surface area contributed by atoms with Crippen molar-refractivity contribution < 1.29 is 9.53 Å². The van der Waals surface area contributed by atoms with Gasteiger partial charge in [-0.15, -0.1) is 0 Å². The van der Waals surface area contributed by atoms with E-state index in [1.165, 1.54) is 0 Å². The van der Waals surface area contributed by atoms with E-state index in [0.29, 0.717) is 6.42 Å². The maximum absolute atomic E-state index is 11.9. The fraction of sp³-hybridized carbons (Fsp3) is 0.350. The van der Waals surface area contributed by atoms with Crippen LogP contribution in [0.5, 0.6) is 0 Å². The highest BCUT2D eigenvalue weighted by molar-refractivity contribution is 14.1. The molecule has 0 radical (unpaired) electrons. The van der Waals surface area contributed by atoms with Crippen molar-refractivity contribution in [2.75, 3.05) is 0 Å². The molecule has 1 atom stereocenters. The lowest BCUT2D eigenvalue weighted by Gasteiger charge is -2.21. The Labute approximate surface area is 172 Å². The van der Waals surface area contributed by atoms with Gasteiger partial charge in [0.05, 0.1) is 6.20 Å². The minimum absolute atomic E-state index is 0.0843. The van der Waals surface area contributed by atoms with Crippen molar-refractivity contribution in [2.24, 2.45) is 0 Å². The van der Waals surface area contributed by atoms with E-state index in [9.17, 15) is 4.79 Å². The number of imidazole rings is 1. The molecule has 142 valence electrons. The minimum atomic E-state index is -0.509. The number of hydrogen-bond donors (Lipinski definition) is 1. The summed E-state index contributed by atoms with van der Waals surface area (Å²) in [5, 5.41) is 2.86. The number of rotatable bonds is 4. The van der Waals surface area contributed by atoms with Crippen molar-refractivity contribution in [3.05, 3.63) is 52.3 Å². The van der Waals surface area contributed by atoms with Gasteiger partial charge >= 0.3 is 6.09 Å². The Kier molecular flexibility index (Phi) is 5.69. The van der Waals surface area contributed by atoms with Crippen LogP contribution in [0.1, 0.15) is 33.4 Å². The van der Waals surface area contributed by atoms with Crippen LogP contribution in [0.25, 0.3) is 16.8 Å². The van der Waals surface area contributed by atoms with E-state index in [1.54, 1.807) is 6.20 Å². The molecule has 0 bridgehead atoms. The first-order chi connectivity index (χ1) is 12.7. The monoisotopic (exact) mass is 478 g/mol. The van der Waals surface area contributed by atoms with Gasteiger partial charge in [-0.2, -0.15) is 0 Å². The number of carbonyl (C=O) groups excluding carboxylic acids is 1. The number of amides is 1. The normalized spacial score (nSPS) is 12.8. The standard InChI is InChI=1S/C20H23IN4O2/c1-13(24-19(26)27-20(2,3)4)9-16-10-14(5-7-22-16)15-6-8-25-17(21)12-23-18(25)11-15/h5-8,10-13H,9H2,1-4H3,(H,24,26). The highest BCUT2D eigenvalue weighted by Crippen LogP contribution is 2.22. The molecule has 3 aromatic rings. The van der Waals surface area contributed by atoms with Crippen LogP contribution < -0.4 is 5.32 Å². The van der Waals surface area contributed by atoms with E-state index < -0.39 is 11.7 Å². The summed E-state index contributed by atoms with van der Waals surface area (Å²) in [5.41, 5.74) is 3.47. The number of fused-ring (bicyclic) bond motifs is 1. The molecule has 1 N–H and O–H groups in total. The molecule has 0 spiro atoms. The zero-order valence-electron chi connectivity index (χ0n) is 15.9. The number of aromatic nitrogens is 3. The molecule has 1 unspecified atom stereocenters. The first-order valence-corrected chi connectivity index (χ1v) is 9.86. The summed E-state index contributed by atoms with van der Waals surface area (Å²) in [6.07, 6.45) is 5.88. The number of nitrogens with zero attached hydrogens (tertiary/aromatic N) is 3. The molecule has 3 rings (SSSR count). The smallest absolute Gasteiger partial charge is 0.407 e. The molecule has 0 aliphatic heterocycles. The first-order valence-electron chi connectivity index (χ1n) is 8.79. The molecule has 3 heterocycles. The van der Waals surface area contributed by atoms with E-state index in [4.69, 9.17) is 4.74 Å². The van der Waals surface area contributed by atoms with Crippen molar-refractivity contribution in [3.63, 3.8) is 0 Å². The molecule has 0 aliphatic carbocycles. The van der Waals surface area contributed by atoms with Crippen LogP contribution in [0, 0.1) is 3.70 Å². The molecule has 3 aromatic heterocycles. The van der Waals surface area contributed by atoms with Crippen molar-refractivity contribution in [1.29, 1.82) is 0 Å². The van der Waals surface area contributed by atoms with Crippen molar-refractivity contribution >= 4 is 34.3 Å². The largest absolute Gasteiger partial charge is 0.444 e. The second-order valence-corrected chi connectivity index (χ2v) is 8.62. The fourth-order valence-corrected chi connectivity index (χ4v) is 3.32. The summed E-state index contributed by atoms with van der Waals surface area (Å²) < 4.78 is 8.42. The lowest BCUT2D eigenvalue weighted by atomic mass is 10.1. The molecule has 0 aliphatic rings. The molecule has 6 nitrogen and oxygen atoms in total. The van der Waals surface area contributed by atoms with Crippen LogP contribution in [-0.4, -0.2) is 32.1 Å². The third-order valence-electron chi connectivity index (χ3n) is 3.90. The molecule has 1 amide bonds. The number of nitrogens with one attached hydrogen (secondary N) is 1. The van der Waals surface area contributed by atoms with Gasteiger partial charge < -0.3 is 10.1 Å². The lowest BCUT2D eigenvalue weighted by molar-refractivity contribution is 0.0508. The van der Waals surface area contributed by atoms with E-state index in [-0.39, 0.29) is 6.04 Å². The van der Waals surface area contributed by atoms with Crippen molar-refractivity contribution in [1.82, 2.24) is 19.7 Å². The van der Waals surface area contributed by atoms with Crippen LogP contribution in [-0.2, 0) is 11.2 Å². The van der Waals surface area contributed by atoms with E-state index in [1.807, 2.05) is 56.6 Å². The highest BCUT2D eigenvalue weighted by Gasteiger charge is 2.18. The van der Waals surface area contributed by atoms with Gasteiger partial charge in [-0.05, 0) is 85.7 Å². The van der Waals surface area contributed by atoms with Crippen LogP contribution in [0.15, 0.2) is 42.9 Å². The SMILES string of the molecule is CC(Cc1cc(-c2ccn3c(I)cnc3c2)ccn1)NC(=O)OC(C)(C)C. The first kappa shape index (κ1) is 19.6. The van der Waals surface area contributed by atoms with Crippen LogP contribution >= 0.6 is 22.6 Å². The number of pyridine rings is 2. The Morgan fingerprint density at radius 3 is 2.74 bits per heavy atom.